The molecule has 0 atom stereocenters. The van der Waals surface area contributed by atoms with Crippen LogP contribution >= 0.6 is 0 Å². The molecule has 27 heavy (non-hydrogen) atoms. The van der Waals surface area contributed by atoms with Gasteiger partial charge in [-0.15, -0.1) is 0 Å². The molecule has 0 spiro atoms. The van der Waals surface area contributed by atoms with Crippen molar-refractivity contribution in [3.05, 3.63) is 17.5 Å². The molecule has 1 N–H and O–H groups in total. The van der Waals surface area contributed by atoms with Gasteiger partial charge in [0, 0.05) is 59.0 Å². The molecule has 1 aromatic heterocycles. The van der Waals surface area contributed by atoms with E-state index in [1.807, 2.05) is 20.0 Å². The van der Waals surface area contributed by atoms with Gasteiger partial charge in [-0.3, -0.25) is 9.89 Å². The topological polar surface area (TPSA) is 75.4 Å². The number of hydrogen-bond acceptors (Lipinski definition) is 6. The molecule has 0 radical (unpaired) electrons. The minimum atomic E-state index is 0.643. The van der Waals surface area contributed by atoms with Crippen molar-refractivity contribution in [3.8, 4) is 0 Å². The van der Waals surface area contributed by atoms with E-state index in [0.717, 1.165) is 76.1 Å². The van der Waals surface area contributed by atoms with Gasteiger partial charge >= 0.3 is 0 Å². The van der Waals surface area contributed by atoms with Crippen LogP contribution in [0, 0.1) is 6.92 Å². The van der Waals surface area contributed by atoms with Crippen LogP contribution < -0.4 is 5.32 Å². The molecule has 1 fully saturated rings. The summed E-state index contributed by atoms with van der Waals surface area (Å²) in [6.07, 6.45) is 2.28. The summed E-state index contributed by atoms with van der Waals surface area (Å²) in [7, 11) is 1.83. The van der Waals surface area contributed by atoms with Gasteiger partial charge < -0.3 is 24.2 Å². The lowest BCUT2D eigenvalue weighted by Crippen LogP contribution is -2.52. The van der Waals surface area contributed by atoms with Gasteiger partial charge in [0.25, 0.3) is 0 Å². The maximum atomic E-state index is 5.60. The molecule has 0 aliphatic carbocycles. The second-order valence-corrected chi connectivity index (χ2v) is 6.74. The molecule has 154 valence electrons. The van der Waals surface area contributed by atoms with Crippen LogP contribution in [-0.2, 0) is 16.0 Å². The van der Waals surface area contributed by atoms with Crippen LogP contribution in [0.15, 0.2) is 15.6 Å². The van der Waals surface area contributed by atoms with Crippen LogP contribution in [0.3, 0.4) is 0 Å². The first-order valence-corrected chi connectivity index (χ1v) is 9.98. The summed E-state index contributed by atoms with van der Waals surface area (Å²) in [5.41, 5.74) is 0.999. The Morgan fingerprint density at radius 1 is 1.19 bits per heavy atom. The van der Waals surface area contributed by atoms with Crippen LogP contribution in [0.2, 0.25) is 0 Å². The molecule has 1 aliphatic rings. The van der Waals surface area contributed by atoms with E-state index < -0.39 is 0 Å². The van der Waals surface area contributed by atoms with Crippen molar-refractivity contribution in [2.45, 2.75) is 33.2 Å². The molecule has 2 heterocycles. The molecule has 1 saturated heterocycles. The van der Waals surface area contributed by atoms with Gasteiger partial charge in [0.1, 0.15) is 5.76 Å². The molecule has 8 heteroatoms. The summed E-state index contributed by atoms with van der Waals surface area (Å²) in [6, 6.07) is 2.00. The van der Waals surface area contributed by atoms with E-state index in [0.29, 0.717) is 19.8 Å². The summed E-state index contributed by atoms with van der Waals surface area (Å²) >= 11 is 0. The minimum absolute atomic E-state index is 0.643. The van der Waals surface area contributed by atoms with E-state index >= 15 is 0 Å². The maximum absolute atomic E-state index is 5.60. The van der Waals surface area contributed by atoms with Crippen LogP contribution in [0.4, 0.5) is 0 Å². The van der Waals surface area contributed by atoms with Crippen molar-refractivity contribution in [1.82, 2.24) is 20.3 Å². The molecule has 0 amide bonds. The van der Waals surface area contributed by atoms with Crippen LogP contribution in [0.1, 0.15) is 31.2 Å². The number of rotatable bonds is 11. The lowest BCUT2D eigenvalue weighted by molar-refractivity contribution is 0.0485. The van der Waals surface area contributed by atoms with E-state index in [1.165, 1.54) is 0 Å². The number of aliphatic imine (C=N–C) groups is 1. The summed E-state index contributed by atoms with van der Waals surface area (Å²) in [5.74, 6) is 1.80. The highest BCUT2D eigenvalue weighted by atomic mass is 16.5. The zero-order valence-electron chi connectivity index (χ0n) is 17.1. The first-order chi connectivity index (χ1) is 13.2. The third-order valence-corrected chi connectivity index (χ3v) is 4.49. The maximum Gasteiger partial charge on any atom is 0.193 e. The van der Waals surface area contributed by atoms with E-state index in [1.54, 1.807) is 0 Å². The number of nitrogens with zero attached hydrogens (tertiary/aromatic N) is 4. The number of unbranched alkanes of at least 4 members (excludes halogenated alkanes) is 1. The molecule has 1 aliphatic heterocycles. The van der Waals surface area contributed by atoms with Gasteiger partial charge in [-0.1, -0.05) is 18.5 Å². The summed E-state index contributed by atoms with van der Waals surface area (Å²) in [4.78, 5) is 9.08. The fraction of sp³-hybridized carbons (Fsp3) is 0.789. The first kappa shape index (κ1) is 21.7. The first-order valence-electron chi connectivity index (χ1n) is 9.98. The Balaban J connectivity index is 1.56. The molecule has 0 unspecified atom stereocenters. The number of guanidine groups is 1. The fourth-order valence-corrected chi connectivity index (χ4v) is 2.98. The summed E-state index contributed by atoms with van der Waals surface area (Å²) in [6.45, 7) is 12.3. The quantitative estimate of drug-likeness (QED) is 0.354. The number of ether oxygens (including phenoxy) is 2. The molecule has 8 nitrogen and oxygen atoms in total. The number of nitrogens with one attached hydrogen (secondary N) is 1. The number of piperazine rings is 1. The standard InChI is InChI=1S/C19H35N5O3/c1-4-5-11-25-13-14-26-12-6-21-19(20-3)24-9-7-23(8-10-24)16-18-15-17(2)27-22-18/h15H,4-14,16H2,1-3H3,(H,20,21). The van der Waals surface area contributed by atoms with Crippen LogP contribution in [0.5, 0.6) is 0 Å². The third kappa shape index (κ3) is 8.28. The Bertz CT molecular complexity index is 541. The van der Waals surface area contributed by atoms with E-state index in [4.69, 9.17) is 14.0 Å². The summed E-state index contributed by atoms with van der Waals surface area (Å²) in [5, 5.41) is 7.46. The Labute approximate surface area is 162 Å². The molecule has 1 aromatic rings. The second kappa shape index (κ2) is 12.7. The zero-order valence-corrected chi connectivity index (χ0v) is 17.1. The van der Waals surface area contributed by atoms with Crippen LogP contribution in [-0.4, -0.2) is 87.1 Å². The van der Waals surface area contributed by atoms with Crippen LogP contribution in [0.25, 0.3) is 0 Å². The van der Waals surface area contributed by atoms with Crippen molar-refractivity contribution in [3.63, 3.8) is 0 Å². The predicted molar refractivity (Wildman–Crippen MR) is 106 cm³/mol. The number of hydrogen-bond donors (Lipinski definition) is 1. The van der Waals surface area contributed by atoms with Gasteiger partial charge in [-0.25, -0.2) is 0 Å². The van der Waals surface area contributed by atoms with Crippen molar-refractivity contribution < 1.29 is 14.0 Å². The van der Waals surface area contributed by atoms with E-state index in [9.17, 15) is 0 Å². The zero-order chi connectivity index (χ0) is 19.3. The lowest BCUT2D eigenvalue weighted by Gasteiger charge is -2.36. The van der Waals surface area contributed by atoms with E-state index in [2.05, 4.69) is 32.2 Å². The van der Waals surface area contributed by atoms with Gasteiger partial charge in [-0.2, -0.15) is 0 Å². The molecule has 0 bridgehead atoms. The molecule has 0 aromatic carbocycles. The van der Waals surface area contributed by atoms with Gasteiger partial charge in [0.05, 0.1) is 25.5 Å². The highest BCUT2D eigenvalue weighted by Gasteiger charge is 2.20. The van der Waals surface area contributed by atoms with Gasteiger partial charge in [0.15, 0.2) is 5.96 Å². The molecule has 0 saturated carbocycles. The fourth-order valence-electron chi connectivity index (χ4n) is 2.98. The second-order valence-electron chi connectivity index (χ2n) is 6.74. The molecule has 2 rings (SSSR count). The number of aryl methyl sites for hydroxylation is 1. The Morgan fingerprint density at radius 2 is 1.93 bits per heavy atom. The average Bonchev–Trinajstić information content (AvgIpc) is 3.09. The average molecular weight is 382 g/mol. The Morgan fingerprint density at radius 3 is 2.56 bits per heavy atom. The Kier molecular flexibility index (Phi) is 10.2. The smallest absolute Gasteiger partial charge is 0.193 e. The van der Waals surface area contributed by atoms with Crippen molar-refractivity contribution in [2.75, 3.05) is 66.2 Å². The van der Waals surface area contributed by atoms with E-state index in [-0.39, 0.29) is 0 Å². The normalized spacial score (nSPS) is 16.1. The Hall–Kier alpha value is -1.64. The lowest BCUT2D eigenvalue weighted by atomic mass is 10.3. The van der Waals surface area contributed by atoms with Gasteiger partial charge in [-0.05, 0) is 13.3 Å². The van der Waals surface area contributed by atoms with Gasteiger partial charge in [0.2, 0.25) is 0 Å². The van der Waals surface area contributed by atoms with Crippen molar-refractivity contribution in [1.29, 1.82) is 0 Å². The summed E-state index contributed by atoms with van der Waals surface area (Å²) < 4.78 is 16.2. The third-order valence-electron chi connectivity index (χ3n) is 4.49. The van der Waals surface area contributed by atoms with Crippen molar-refractivity contribution >= 4 is 5.96 Å². The van der Waals surface area contributed by atoms with Crippen molar-refractivity contribution in [2.24, 2.45) is 4.99 Å². The SMILES string of the molecule is CCCCOCCOCCNC(=NC)N1CCN(Cc2cc(C)on2)CC1. The molecular weight excluding hydrogens is 346 g/mol. The monoisotopic (exact) mass is 381 g/mol. The minimum Gasteiger partial charge on any atom is -0.379 e. The predicted octanol–water partition coefficient (Wildman–Crippen LogP) is 1.51. The highest BCUT2D eigenvalue weighted by Crippen LogP contribution is 2.09. The highest BCUT2D eigenvalue weighted by molar-refractivity contribution is 5.79. The number of aromatic nitrogens is 1. The largest absolute Gasteiger partial charge is 0.379 e. The molecular formula is C19H35N5O3.